The van der Waals surface area contributed by atoms with Crippen LogP contribution in [0.1, 0.15) is 0 Å². The summed E-state index contributed by atoms with van der Waals surface area (Å²) in [5, 5.41) is 0. The highest BCUT2D eigenvalue weighted by molar-refractivity contribution is 5.35. The number of aromatic nitrogens is 3. The molecule has 0 radical (unpaired) electrons. The van der Waals surface area contributed by atoms with Gasteiger partial charge >= 0.3 is 0 Å². The fourth-order valence-corrected chi connectivity index (χ4v) is 2.32. The topological polar surface area (TPSA) is 40.2 Å². The standard InChI is InChI=1S/C20H15N3O2/c1-2-7-17(8-3-1)22-13-14-23(16-22)25-19-10-6-9-18(15-19)24-20-11-4-5-12-21-20/h1-15H. The van der Waals surface area contributed by atoms with Crippen LogP contribution in [0.4, 0.5) is 0 Å². The second kappa shape index (κ2) is 6.88. The highest BCUT2D eigenvalue weighted by atomic mass is 16.7. The summed E-state index contributed by atoms with van der Waals surface area (Å²) in [6.45, 7) is 0. The van der Waals surface area contributed by atoms with Crippen LogP contribution in [0.3, 0.4) is 0 Å². The maximum Gasteiger partial charge on any atom is 0.286 e. The van der Waals surface area contributed by atoms with E-state index in [0.717, 1.165) is 5.69 Å². The SMILES string of the molecule is [c-]1n(Oc2cccc(Oc3ccccn3)c2)cc[n+]1-c1ccccc1. The Hall–Kier alpha value is -3.60. The summed E-state index contributed by atoms with van der Waals surface area (Å²) in [7, 11) is 0. The number of imidazole rings is 1. The largest absolute Gasteiger partial charge is 0.439 e. The van der Waals surface area contributed by atoms with Gasteiger partial charge in [-0.05, 0) is 18.2 Å². The second-order valence-corrected chi connectivity index (χ2v) is 5.27. The van der Waals surface area contributed by atoms with Crippen molar-refractivity contribution in [3.05, 3.63) is 97.7 Å². The van der Waals surface area contributed by atoms with Crippen LogP contribution in [0.2, 0.25) is 0 Å². The second-order valence-electron chi connectivity index (χ2n) is 5.27. The molecule has 0 aliphatic carbocycles. The molecule has 0 saturated heterocycles. The minimum atomic E-state index is 0.536. The highest BCUT2D eigenvalue weighted by Gasteiger charge is 2.05. The molecule has 2 aromatic carbocycles. The quantitative estimate of drug-likeness (QED) is 0.415. The van der Waals surface area contributed by atoms with Crippen molar-refractivity contribution in [1.29, 1.82) is 0 Å². The Morgan fingerprint density at radius 2 is 1.72 bits per heavy atom. The number of hydrogen-bond donors (Lipinski definition) is 0. The Morgan fingerprint density at radius 3 is 2.56 bits per heavy atom. The molecular weight excluding hydrogens is 314 g/mol. The lowest BCUT2D eigenvalue weighted by Gasteiger charge is -2.06. The van der Waals surface area contributed by atoms with Crippen LogP contribution >= 0.6 is 0 Å². The molecule has 5 nitrogen and oxygen atoms in total. The average Bonchev–Trinajstić information content (AvgIpc) is 3.12. The zero-order chi connectivity index (χ0) is 16.9. The van der Waals surface area contributed by atoms with Crippen molar-refractivity contribution in [1.82, 2.24) is 9.71 Å². The minimum absolute atomic E-state index is 0.536. The lowest BCUT2D eigenvalue weighted by molar-refractivity contribution is -0.601. The van der Waals surface area contributed by atoms with Gasteiger partial charge in [0.2, 0.25) is 5.88 Å². The van der Waals surface area contributed by atoms with Crippen molar-refractivity contribution < 1.29 is 14.1 Å². The zero-order valence-corrected chi connectivity index (χ0v) is 13.3. The first-order chi connectivity index (χ1) is 12.4. The Bertz CT molecular complexity index is 953. The third-order valence-corrected chi connectivity index (χ3v) is 3.46. The summed E-state index contributed by atoms with van der Waals surface area (Å²) in [6, 6.07) is 22.8. The van der Waals surface area contributed by atoms with Crippen LogP contribution in [-0.2, 0) is 0 Å². The molecule has 0 spiro atoms. The van der Waals surface area contributed by atoms with Gasteiger partial charge < -0.3 is 14.1 Å². The maximum atomic E-state index is 5.80. The van der Waals surface area contributed by atoms with Gasteiger partial charge in [-0.25, -0.2) is 4.98 Å². The van der Waals surface area contributed by atoms with Crippen LogP contribution in [0.5, 0.6) is 17.4 Å². The molecule has 0 fully saturated rings. The fourth-order valence-electron chi connectivity index (χ4n) is 2.32. The van der Waals surface area contributed by atoms with Gasteiger partial charge in [-0.2, -0.15) is 0 Å². The molecule has 0 aliphatic heterocycles. The first-order valence-electron chi connectivity index (χ1n) is 7.82. The van der Waals surface area contributed by atoms with Crippen LogP contribution in [0.15, 0.2) is 91.4 Å². The van der Waals surface area contributed by atoms with E-state index in [4.69, 9.17) is 9.57 Å². The van der Waals surface area contributed by atoms with E-state index in [1.807, 2.05) is 71.4 Å². The number of ether oxygens (including phenoxy) is 1. The summed E-state index contributed by atoms with van der Waals surface area (Å²) < 4.78 is 9.09. The van der Waals surface area contributed by atoms with E-state index in [1.165, 1.54) is 4.73 Å². The lowest BCUT2D eigenvalue weighted by Crippen LogP contribution is -2.28. The molecule has 0 amide bonds. The summed E-state index contributed by atoms with van der Waals surface area (Å²) in [6.07, 6.45) is 8.46. The summed E-state index contributed by atoms with van der Waals surface area (Å²) in [5.41, 5.74) is 1.01. The van der Waals surface area contributed by atoms with Gasteiger partial charge in [-0.1, -0.05) is 42.5 Å². The molecule has 0 N–H and O–H groups in total. The van der Waals surface area contributed by atoms with E-state index in [2.05, 4.69) is 11.3 Å². The van der Waals surface area contributed by atoms with Gasteiger partial charge in [0.15, 0.2) is 5.75 Å². The van der Waals surface area contributed by atoms with E-state index >= 15 is 0 Å². The molecule has 0 unspecified atom stereocenters. The highest BCUT2D eigenvalue weighted by Crippen LogP contribution is 2.23. The van der Waals surface area contributed by atoms with Crippen molar-refractivity contribution in [2.45, 2.75) is 0 Å². The molecule has 5 heteroatoms. The molecule has 4 aromatic rings. The number of pyridine rings is 1. The molecule has 0 bridgehead atoms. The molecule has 4 rings (SSSR count). The molecule has 0 atom stereocenters. The van der Waals surface area contributed by atoms with Crippen LogP contribution < -0.4 is 14.1 Å². The third kappa shape index (κ3) is 3.67. The number of rotatable bonds is 5. The van der Waals surface area contributed by atoms with Crippen molar-refractivity contribution in [3.8, 4) is 23.1 Å². The van der Waals surface area contributed by atoms with Gasteiger partial charge in [-0.15, -0.1) is 4.73 Å². The Morgan fingerprint density at radius 1 is 0.880 bits per heavy atom. The van der Waals surface area contributed by atoms with E-state index in [9.17, 15) is 0 Å². The Balaban J connectivity index is 1.50. The lowest BCUT2D eigenvalue weighted by atomic mass is 10.3. The smallest absolute Gasteiger partial charge is 0.286 e. The van der Waals surface area contributed by atoms with Gasteiger partial charge in [-0.3, -0.25) is 0 Å². The summed E-state index contributed by atoms with van der Waals surface area (Å²) >= 11 is 0. The summed E-state index contributed by atoms with van der Waals surface area (Å²) in [5.74, 6) is 1.83. The normalized spacial score (nSPS) is 10.4. The van der Waals surface area contributed by atoms with Crippen molar-refractivity contribution in [3.63, 3.8) is 0 Å². The first kappa shape index (κ1) is 15.0. The number of nitrogens with zero attached hydrogens (tertiary/aromatic N) is 3. The predicted molar refractivity (Wildman–Crippen MR) is 91.6 cm³/mol. The van der Waals surface area contributed by atoms with Crippen LogP contribution in [0, 0.1) is 6.33 Å². The Kier molecular flexibility index (Phi) is 4.12. The number of para-hydroxylation sites is 1. The van der Waals surface area contributed by atoms with Gasteiger partial charge in [0.1, 0.15) is 5.75 Å². The molecule has 2 heterocycles. The molecule has 0 saturated carbocycles. The fraction of sp³-hybridized carbons (Fsp3) is 0. The van der Waals surface area contributed by atoms with Crippen molar-refractivity contribution >= 4 is 0 Å². The molecule has 0 aliphatic rings. The van der Waals surface area contributed by atoms with E-state index in [1.54, 1.807) is 24.5 Å². The Labute approximate surface area is 145 Å². The minimum Gasteiger partial charge on any atom is -0.439 e. The van der Waals surface area contributed by atoms with E-state index in [-0.39, 0.29) is 0 Å². The number of benzene rings is 2. The molecular formula is C20H15N3O2. The predicted octanol–water partition coefficient (Wildman–Crippen LogP) is 3.59. The number of hydrogen-bond acceptors (Lipinski definition) is 3. The monoisotopic (exact) mass is 329 g/mol. The summed E-state index contributed by atoms with van der Waals surface area (Å²) in [4.78, 5) is 9.95. The maximum absolute atomic E-state index is 5.80. The van der Waals surface area contributed by atoms with E-state index in [0.29, 0.717) is 17.4 Å². The first-order valence-corrected chi connectivity index (χ1v) is 7.82. The van der Waals surface area contributed by atoms with E-state index < -0.39 is 0 Å². The molecule has 122 valence electrons. The average molecular weight is 329 g/mol. The van der Waals surface area contributed by atoms with Crippen LogP contribution in [-0.4, -0.2) is 9.71 Å². The van der Waals surface area contributed by atoms with Gasteiger partial charge in [0.05, 0.1) is 11.9 Å². The van der Waals surface area contributed by atoms with Crippen LogP contribution in [0.25, 0.3) is 5.69 Å². The van der Waals surface area contributed by atoms with Crippen molar-refractivity contribution in [2.75, 3.05) is 0 Å². The van der Waals surface area contributed by atoms with Crippen molar-refractivity contribution in [2.24, 2.45) is 0 Å². The zero-order valence-electron chi connectivity index (χ0n) is 13.3. The third-order valence-electron chi connectivity index (χ3n) is 3.46. The molecule has 25 heavy (non-hydrogen) atoms. The van der Waals surface area contributed by atoms with Gasteiger partial charge in [0, 0.05) is 24.5 Å². The van der Waals surface area contributed by atoms with Gasteiger partial charge in [0.25, 0.3) is 6.33 Å². The molecule has 2 aromatic heterocycles.